The molecule has 2 fully saturated rings. The van der Waals surface area contributed by atoms with Gasteiger partial charge in [-0.05, 0) is 52.2 Å². The van der Waals surface area contributed by atoms with Crippen LogP contribution < -0.4 is 5.32 Å². The molecule has 4 heteroatoms. The molecule has 0 spiro atoms. The maximum atomic E-state index is 4.69. The number of amidine groups is 1. The molecular formula is C13H25N3S. The second-order valence-corrected chi connectivity index (χ2v) is 6.46. The van der Waals surface area contributed by atoms with Gasteiger partial charge in [0.1, 0.15) is 0 Å². The average molecular weight is 255 g/mol. The molecule has 0 aromatic heterocycles. The second-order valence-electron chi connectivity index (χ2n) is 5.45. The lowest BCUT2D eigenvalue weighted by Crippen LogP contribution is -2.41. The van der Waals surface area contributed by atoms with Crippen molar-refractivity contribution in [2.45, 2.75) is 38.1 Å². The number of rotatable bonds is 5. The molecule has 0 aromatic rings. The van der Waals surface area contributed by atoms with Gasteiger partial charge >= 0.3 is 0 Å². The molecule has 1 N–H and O–H groups in total. The fourth-order valence-electron chi connectivity index (χ4n) is 2.62. The maximum absolute atomic E-state index is 4.69. The molecule has 0 amide bonds. The molecular weight excluding hydrogens is 230 g/mol. The van der Waals surface area contributed by atoms with Crippen molar-refractivity contribution in [2.75, 3.05) is 32.9 Å². The summed E-state index contributed by atoms with van der Waals surface area (Å²) in [5.74, 6) is 2.20. The minimum absolute atomic E-state index is 0.733. The smallest absolute Gasteiger partial charge is 0.156 e. The average Bonchev–Trinajstić information content (AvgIpc) is 2.75. The normalized spacial score (nSPS) is 30.6. The van der Waals surface area contributed by atoms with Gasteiger partial charge in [0.2, 0.25) is 0 Å². The Labute approximate surface area is 109 Å². The summed E-state index contributed by atoms with van der Waals surface area (Å²) in [5, 5.41) is 4.82. The zero-order valence-electron chi connectivity index (χ0n) is 11.1. The van der Waals surface area contributed by atoms with Crippen LogP contribution in [0.5, 0.6) is 0 Å². The summed E-state index contributed by atoms with van der Waals surface area (Å²) >= 11 is 1.93. The fraction of sp³-hybridized carbons (Fsp3) is 0.923. The molecule has 0 aromatic carbocycles. The van der Waals surface area contributed by atoms with E-state index in [-0.39, 0.29) is 0 Å². The predicted octanol–water partition coefficient (Wildman–Crippen LogP) is 2.19. The molecule has 17 heavy (non-hydrogen) atoms. The van der Waals surface area contributed by atoms with Gasteiger partial charge in [-0.15, -0.1) is 0 Å². The highest BCUT2D eigenvalue weighted by Crippen LogP contribution is 2.32. The number of nitrogens with zero attached hydrogens (tertiary/aromatic N) is 2. The topological polar surface area (TPSA) is 27.6 Å². The Bertz CT molecular complexity index is 265. The monoisotopic (exact) mass is 255 g/mol. The van der Waals surface area contributed by atoms with Gasteiger partial charge in [0.15, 0.2) is 5.17 Å². The Hall–Kier alpha value is -0.220. The first-order chi connectivity index (χ1) is 8.25. The Kier molecular flexibility index (Phi) is 5.16. The van der Waals surface area contributed by atoms with E-state index in [0.29, 0.717) is 0 Å². The number of hydrogen-bond acceptors (Lipinski definition) is 3. The van der Waals surface area contributed by atoms with Gasteiger partial charge in [-0.3, -0.25) is 4.99 Å². The lowest BCUT2D eigenvalue weighted by molar-refractivity contribution is 0.395. The summed E-state index contributed by atoms with van der Waals surface area (Å²) in [6.45, 7) is 2.16. The molecule has 2 atom stereocenters. The van der Waals surface area contributed by atoms with Crippen LogP contribution in [0.1, 0.15) is 32.1 Å². The van der Waals surface area contributed by atoms with Gasteiger partial charge in [0.25, 0.3) is 0 Å². The van der Waals surface area contributed by atoms with E-state index < -0.39 is 0 Å². The highest BCUT2D eigenvalue weighted by molar-refractivity contribution is 8.13. The van der Waals surface area contributed by atoms with E-state index in [1.54, 1.807) is 0 Å². The van der Waals surface area contributed by atoms with Gasteiger partial charge in [0, 0.05) is 18.3 Å². The van der Waals surface area contributed by atoms with E-state index in [1.165, 1.54) is 49.6 Å². The van der Waals surface area contributed by atoms with Crippen LogP contribution >= 0.6 is 11.8 Å². The van der Waals surface area contributed by atoms with Crippen LogP contribution in [0.15, 0.2) is 4.99 Å². The van der Waals surface area contributed by atoms with Crippen molar-refractivity contribution < 1.29 is 0 Å². The predicted molar refractivity (Wildman–Crippen MR) is 76.8 cm³/mol. The summed E-state index contributed by atoms with van der Waals surface area (Å²) in [4.78, 5) is 6.93. The van der Waals surface area contributed by atoms with Crippen molar-refractivity contribution in [3.8, 4) is 0 Å². The van der Waals surface area contributed by atoms with Crippen LogP contribution in [-0.4, -0.2) is 49.0 Å². The Balaban J connectivity index is 1.64. The summed E-state index contributed by atoms with van der Waals surface area (Å²) in [5.41, 5.74) is 0. The van der Waals surface area contributed by atoms with Crippen LogP contribution in [0, 0.1) is 5.92 Å². The first-order valence-corrected chi connectivity index (χ1v) is 7.83. The third-order valence-electron chi connectivity index (χ3n) is 3.67. The van der Waals surface area contributed by atoms with Crippen LogP contribution in [0.25, 0.3) is 0 Å². The second kappa shape index (κ2) is 6.64. The Morgan fingerprint density at radius 1 is 1.35 bits per heavy atom. The summed E-state index contributed by atoms with van der Waals surface area (Å²) in [7, 11) is 4.26. The first-order valence-electron chi connectivity index (χ1n) is 6.84. The largest absolute Gasteiger partial charge is 0.362 e. The standard InChI is InChI=1S/C13H25N3S/c1-16(2)9-4-3-8-14-13-15-12-7-5-6-11(12)10-17-13/h11-12H,3-10H2,1-2H3,(H,14,15). The lowest BCUT2D eigenvalue weighted by atomic mass is 10.1. The van der Waals surface area contributed by atoms with Crippen LogP contribution in [0.2, 0.25) is 0 Å². The SMILES string of the molecule is CN(C)CCCCN=C1NC2CCCC2CS1. The van der Waals surface area contributed by atoms with Crippen molar-refractivity contribution >= 4 is 16.9 Å². The van der Waals surface area contributed by atoms with Crippen molar-refractivity contribution in [2.24, 2.45) is 10.9 Å². The molecule has 2 rings (SSSR count). The molecule has 0 bridgehead atoms. The van der Waals surface area contributed by atoms with Gasteiger partial charge in [0.05, 0.1) is 0 Å². The molecule has 2 aliphatic rings. The van der Waals surface area contributed by atoms with Crippen molar-refractivity contribution in [1.29, 1.82) is 0 Å². The maximum Gasteiger partial charge on any atom is 0.156 e. The summed E-state index contributed by atoms with van der Waals surface area (Å²) in [6, 6.07) is 0.733. The molecule has 1 heterocycles. The van der Waals surface area contributed by atoms with E-state index in [1.807, 2.05) is 11.8 Å². The van der Waals surface area contributed by atoms with Crippen LogP contribution in [0.4, 0.5) is 0 Å². The van der Waals surface area contributed by atoms with Gasteiger partial charge in [-0.2, -0.15) is 0 Å². The number of hydrogen-bond donors (Lipinski definition) is 1. The number of thioether (sulfide) groups is 1. The zero-order valence-corrected chi connectivity index (χ0v) is 11.9. The van der Waals surface area contributed by atoms with Crippen LogP contribution in [0.3, 0.4) is 0 Å². The lowest BCUT2D eigenvalue weighted by Gasteiger charge is -2.28. The number of fused-ring (bicyclic) bond motifs is 1. The molecule has 1 aliphatic heterocycles. The van der Waals surface area contributed by atoms with Crippen LogP contribution in [-0.2, 0) is 0 Å². The van der Waals surface area contributed by atoms with Crippen molar-refractivity contribution in [1.82, 2.24) is 10.2 Å². The molecule has 2 unspecified atom stereocenters. The van der Waals surface area contributed by atoms with Crippen molar-refractivity contribution in [3.63, 3.8) is 0 Å². The molecule has 1 saturated carbocycles. The van der Waals surface area contributed by atoms with E-state index in [4.69, 9.17) is 4.99 Å². The minimum Gasteiger partial charge on any atom is -0.362 e. The summed E-state index contributed by atoms with van der Waals surface area (Å²) in [6.07, 6.45) is 6.63. The number of aliphatic imine (C=N–C) groups is 1. The zero-order chi connectivity index (χ0) is 12.1. The fourth-order valence-corrected chi connectivity index (χ4v) is 3.81. The highest BCUT2D eigenvalue weighted by Gasteiger charge is 2.31. The van der Waals surface area contributed by atoms with Crippen molar-refractivity contribution in [3.05, 3.63) is 0 Å². The Morgan fingerprint density at radius 3 is 3.06 bits per heavy atom. The number of nitrogens with one attached hydrogen (secondary N) is 1. The van der Waals surface area contributed by atoms with E-state index in [2.05, 4.69) is 24.3 Å². The highest BCUT2D eigenvalue weighted by atomic mass is 32.2. The molecule has 3 nitrogen and oxygen atoms in total. The third kappa shape index (κ3) is 4.18. The van der Waals surface area contributed by atoms with Gasteiger partial charge in [-0.1, -0.05) is 18.2 Å². The molecule has 0 radical (unpaired) electrons. The van der Waals surface area contributed by atoms with Gasteiger partial charge < -0.3 is 10.2 Å². The Morgan fingerprint density at radius 2 is 2.24 bits per heavy atom. The van der Waals surface area contributed by atoms with Gasteiger partial charge in [-0.25, -0.2) is 0 Å². The first kappa shape index (κ1) is 13.2. The van der Waals surface area contributed by atoms with E-state index >= 15 is 0 Å². The molecule has 1 saturated heterocycles. The summed E-state index contributed by atoms with van der Waals surface area (Å²) < 4.78 is 0. The molecule has 1 aliphatic carbocycles. The quantitative estimate of drug-likeness (QED) is 0.763. The van der Waals surface area contributed by atoms with E-state index in [9.17, 15) is 0 Å². The van der Waals surface area contributed by atoms with E-state index in [0.717, 1.165) is 18.5 Å². The minimum atomic E-state index is 0.733. The third-order valence-corrected chi connectivity index (χ3v) is 4.79. The number of unbranched alkanes of at least 4 members (excludes halogenated alkanes) is 1. The molecule has 98 valence electrons.